The van der Waals surface area contributed by atoms with Gasteiger partial charge in [0, 0.05) is 12.2 Å². The maximum absolute atomic E-state index is 13.7. The lowest BCUT2D eigenvalue weighted by Gasteiger charge is -2.12. The molecular formula is C25H32F2O8. The summed E-state index contributed by atoms with van der Waals surface area (Å²) in [5.41, 5.74) is 0. The smallest absolute Gasteiger partial charge is 0.490 e. The van der Waals surface area contributed by atoms with Gasteiger partial charge in [-0.15, -0.1) is 8.78 Å². The minimum absolute atomic E-state index is 0.151. The summed E-state index contributed by atoms with van der Waals surface area (Å²) in [4.78, 5) is 21.9. The molecule has 0 spiro atoms. The number of esters is 2. The first kappa shape index (κ1) is 27.9. The molecule has 0 atom stereocenters. The lowest BCUT2D eigenvalue weighted by molar-refractivity contribution is -0.287. The number of halogens is 2. The molecule has 2 rings (SSSR count). The summed E-state index contributed by atoms with van der Waals surface area (Å²) in [7, 11) is 0. The molecule has 0 unspecified atom stereocenters. The van der Waals surface area contributed by atoms with Gasteiger partial charge in [0.05, 0.1) is 26.4 Å². The summed E-state index contributed by atoms with van der Waals surface area (Å²) in [5, 5.41) is 0. The van der Waals surface area contributed by atoms with E-state index < -0.39 is 18.2 Å². The molecule has 1 heterocycles. The topological polar surface area (TPSA) is 89.5 Å². The normalized spacial score (nSPS) is 13.1. The molecule has 194 valence electrons. The first-order valence-corrected chi connectivity index (χ1v) is 11.6. The van der Waals surface area contributed by atoms with Crippen molar-refractivity contribution in [2.75, 3.05) is 26.4 Å². The zero-order valence-electron chi connectivity index (χ0n) is 19.7. The average Bonchev–Trinajstić information content (AvgIpc) is 3.18. The molecule has 8 nitrogen and oxygen atoms in total. The van der Waals surface area contributed by atoms with E-state index in [1.165, 1.54) is 12.1 Å². The Balaban J connectivity index is 1.72. The fourth-order valence-electron chi connectivity index (χ4n) is 3.15. The van der Waals surface area contributed by atoms with Crippen molar-refractivity contribution in [3.8, 4) is 23.0 Å². The molecule has 0 bridgehead atoms. The van der Waals surface area contributed by atoms with Crippen molar-refractivity contribution < 1.29 is 46.8 Å². The van der Waals surface area contributed by atoms with Gasteiger partial charge in [0.2, 0.25) is 11.5 Å². The number of ether oxygens (including phenoxy) is 6. The first-order chi connectivity index (χ1) is 16.9. The molecule has 0 aliphatic carbocycles. The van der Waals surface area contributed by atoms with Crippen LogP contribution in [0.15, 0.2) is 37.4 Å². The predicted octanol–water partition coefficient (Wildman–Crippen LogP) is 5.34. The first-order valence-electron chi connectivity index (χ1n) is 11.6. The van der Waals surface area contributed by atoms with Crippen molar-refractivity contribution in [3.63, 3.8) is 0 Å². The third kappa shape index (κ3) is 10.2. The molecule has 1 aromatic rings. The van der Waals surface area contributed by atoms with E-state index in [0.29, 0.717) is 52.1 Å². The van der Waals surface area contributed by atoms with E-state index >= 15 is 0 Å². The van der Waals surface area contributed by atoms with Crippen LogP contribution in [-0.4, -0.2) is 44.7 Å². The zero-order valence-corrected chi connectivity index (χ0v) is 19.7. The highest BCUT2D eigenvalue weighted by atomic mass is 19.3. The number of unbranched alkanes of at least 4 members (excludes halogenated alkanes) is 6. The number of fused-ring (bicyclic) bond motifs is 1. The molecule has 0 N–H and O–H groups in total. The Bertz CT molecular complexity index is 789. The molecular weight excluding hydrogens is 466 g/mol. The van der Waals surface area contributed by atoms with E-state index in [1.807, 2.05) is 0 Å². The molecule has 35 heavy (non-hydrogen) atoms. The van der Waals surface area contributed by atoms with Gasteiger partial charge in [-0.05, 0) is 63.5 Å². The Labute approximate surface area is 203 Å². The van der Waals surface area contributed by atoms with E-state index in [1.54, 1.807) is 0 Å². The summed E-state index contributed by atoms with van der Waals surface area (Å²) in [6.07, 6.45) is 4.54. The van der Waals surface area contributed by atoms with E-state index in [0.717, 1.165) is 37.8 Å². The van der Waals surface area contributed by atoms with E-state index in [4.69, 9.17) is 18.9 Å². The number of alkyl halides is 2. The van der Waals surface area contributed by atoms with Crippen LogP contribution < -0.4 is 18.9 Å². The van der Waals surface area contributed by atoms with Gasteiger partial charge >= 0.3 is 18.2 Å². The lowest BCUT2D eigenvalue weighted by atomic mass is 10.2. The van der Waals surface area contributed by atoms with Gasteiger partial charge in [0.15, 0.2) is 11.5 Å². The van der Waals surface area contributed by atoms with E-state index in [2.05, 4.69) is 22.6 Å². The zero-order chi connectivity index (χ0) is 25.5. The Morgan fingerprint density at radius 2 is 1.09 bits per heavy atom. The van der Waals surface area contributed by atoms with Gasteiger partial charge in [-0.2, -0.15) is 0 Å². The number of rotatable bonds is 18. The molecule has 1 aliphatic rings. The highest BCUT2D eigenvalue weighted by molar-refractivity contribution is 5.81. The minimum atomic E-state index is -3.80. The fourth-order valence-corrected chi connectivity index (χ4v) is 3.15. The summed E-state index contributed by atoms with van der Waals surface area (Å²) in [6, 6.07) is 3.03. The highest BCUT2D eigenvalue weighted by Crippen LogP contribution is 2.52. The summed E-state index contributed by atoms with van der Waals surface area (Å²) < 4.78 is 57.8. The number of benzene rings is 1. The largest absolute Gasteiger partial charge is 0.586 e. The van der Waals surface area contributed by atoms with Crippen molar-refractivity contribution in [1.82, 2.24) is 0 Å². The quantitative estimate of drug-likeness (QED) is 0.152. The third-order valence-electron chi connectivity index (χ3n) is 4.90. The minimum Gasteiger partial charge on any atom is -0.490 e. The molecule has 0 fully saturated rings. The maximum atomic E-state index is 13.7. The standard InChI is InChI=1S/C25H32F2O8/c1-3-21(28)32-17-11-7-5-9-15-30-19-13-14-20(24-23(19)34-25(26,27)35-24)31-16-10-6-8-12-18-33-22(29)4-2/h3-4,13-14H,1-2,5-12,15-18H2. The van der Waals surface area contributed by atoms with Crippen molar-refractivity contribution in [3.05, 3.63) is 37.4 Å². The van der Waals surface area contributed by atoms with Gasteiger partial charge in [0.25, 0.3) is 0 Å². The number of carbonyl (C=O) groups is 2. The van der Waals surface area contributed by atoms with Gasteiger partial charge < -0.3 is 28.4 Å². The molecule has 1 aromatic carbocycles. The van der Waals surface area contributed by atoms with Crippen molar-refractivity contribution in [1.29, 1.82) is 0 Å². The maximum Gasteiger partial charge on any atom is 0.586 e. The summed E-state index contributed by atoms with van der Waals surface area (Å²) in [6.45, 7) is 7.91. The van der Waals surface area contributed by atoms with Gasteiger partial charge in [-0.25, -0.2) is 9.59 Å². The number of hydrogen-bond acceptors (Lipinski definition) is 8. The lowest BCUT2D eigenvalue weighted by Crippen LogP contribution is -2.26. The van der Waals surface area contributed by atoms with Gasteiger partial charge in [0.1, 0.15) is 0 Å². The van der Waals surface area contributed by atoms with Gasteiger partial charge in [-0.1, -0.05) is 13.2 Å². The molecule has 10 heteroatoms. The number of hydrogen-bond donors (Lipinski definition) is 0. The van der Waals surface area contributed by atoms with E-state index in [9.17, 15) is 18.4 Å². The molecule has 0 saturated carbocycles. The van der Waals surface area contributed by atoms with Crippen molar-refractivity contribution in [2.45, 2.75) is 57.7 Å². The number of carbonyl (C=O) groups excluding carboxylic acids is 2. The fraction of sp³-hybridized carbons (Fsp3) is 0.520. The highest BCUT2D eigenvalue weighted by Gasteiger charge is 2.47. The van der Waals surface area contributed by atoms with Crippen LogP contribution in [0.5, 0.6) is 23.0 Å². The van der Waals surface area contributed by atoms with Crippen LogP contribution in [-0.2, 0) is 19.1 Å². The Hall–Kier alpha value is -3.30. The summed E-state index contributed by atoms with van der Waals surface area (Å²) in [5.74, 6) is -0.965. The van der Waals surface area contributed by atoms with E-state index in [-0.39, 0.29) is 23.0 Å². The second-order valence-corrected chi connectivity index (χ2v) is 7.66. The Morgan fingerprint density at radius 3 is 1.46 bits per heavy atom. The van der Waals surface area contributed by atoms with Crippen LogP contribution in [0, 0.1) is 0 Å². The third-order valence-corrected chi connectivity index (χ3v) is 4.90. The molecule has 0 saturated heterocycles. The second kappa shape index (κ2) is 14.9. The molecule has 1 aliphatic heterocycles. The van der Waals surface area contributed by atoms with Crippen LogP contribution in [0.25, 0.3) is 0 Å². The van der Waals surface area contributed by atoms with Crippen LogP contribution in [0.2, 0.25) is 0 Å². The van der Waals surface area contributed by atoms with Crippen LogP contribution in [0.4, 0.5) is 8.78 Å². The monoisotopic (exact) mass is 498 g/mol. The van der Waals surface area contributed by atoms with Crippen molar-refractivity contribution >= 4 is 11.9 Å². The average molecular weight is 499 g/mol. The molecule has 0 radical (unpaired) electrons. The van der Waals surface area contributed by atoms with Crippen LogP contribution in [0.1, 0.15) is 51.4 Å². The Morgan fingerprint density at radius 1 is 0.714 bits per heavy atom. The van der Waals surface area contributed by atoms with Crippen LogP contribution >= 0.6 is 0 Å². The predicted molar refractivity (Wildman–Crippen MR) is 123 cm³/mol. The Kier molecular flexibility index (Phi) is 11.9. The van der Waals surface area contributed by atoms with Gasteiger partial charge in [-0.3, -0.25) is 0 Å². The summed E-state index contributed by atoms with van der Waals surface area (Å²) >= 11 is 0. The van der Waals surface area contributed by atoms with Crippen molar-refractivity contribution in [2.24, 2.45) is 0 Å². The molecule has 0 aromatic heterocycles. The SMILES string of the molecule is C=CC(=O)OCCCCCCOc1ccc(OCCCCCCOC(=O)C=C)c2c1OC(F)(F)O2. The van der Waals surface area contributed by atoms with Crippen LogP contribution in [0.3, 0.4) is 0 Å². The molecule has 0 amide bonds. The second-order valence-electron chi connectivity index (χ2n) is 7.66.